The Morgan fingerprint density at radius 2 is 1.42 bits per heavy atom. The molecule has 0 radical (unpaired) electrons. The van der Waals surface area contributed by atoms with Gasteiger partial charge in [0.05, 0.1) is 17.0 Å². The third kappa shape index (κ3) is 4.62. The van der Waals surface area contributed by atoms with Crippen molar-refractivity contribution in [1.29, 1.82) is 0 Å². The molecule has 4 aromatic rings. The third-order valence-corrected chi connectivity index (χ3v) is 6.35. The van der Waals surface area contributed by atoms with Crippen LogP contribution >= 0.6 is 0 Å². The summed E-state index contributed by atoms with van der Waals surface area (Å²) >= 11 is 0. The summed E-state index contributed by atoms with van der Waals surface area (Å²) in [6.07, 6.45) is 1.82. The number of rotatable bonds is 5. The Morgan fingerprint density at radius 3 is 2.16 bits per heavy atom. The van der Waals surface area contributed by atoms with Crippen LogP contribution in [0.4, 0.5) is 0 Å². The molecule has 1 aliphatic heterocycles. The van der Waals surface area contributed by atoms with Gasteiger partial charge in [-0.15, -0.1) is 0 Å². The Kier molecular flexibility index (Phi) is 6.22. The molecular formula is C30H22O8. The number of ether oxygens (including phenoxy) is 1. The maximum Gasteiger partial charge on any atom is 0.189 e. The summed E-state index contributed by atoms with van der Waals surface area (Å²) in [6, 6.07) is 18.5. The first kappa shape index (κ1) is 24.5. The van der Waals surface area contributed by atoms with Gasteiger partial charge < -0.3 is 30.3 Å². The maximum absolute atomic E-state index is 13.7. The summed E-state index contributed by atoms with van der Waals surface area (Å²) < 4.78 is 6.16. The maximum atomic E-state index is 13.7. The van der Waals surface area contributed by atoms with E-state index >= 15 is 0 Å². The molecule has 0 aliphatic carbocycles. The molecule has 1 aliphatic rings. The molecule has 38 heavy (non-hydrogen) atoms. The monoisotopic (exact) mass is 510 g/mol. The third-order valence-electron chi connectivity index (χ3n) is 6.35. The highest BCUT2D eigenvalue weighted by Crippen LogP contribution is 2.47. The van der Waals surface area contributed by atoms with Crippen molar-refractivity contribution in [3.63, 3.8) is 0 Å². The lowest BCUT2D eigenvalue weighted by atomic mass is 9.80. The summed E-state index contributed by atoms with van der Waals surface area (Å²) in [7, 11) is 0. The minimum Gasteiger partial charge on any atom is -0.508 e. The Labute approximate surface area is 217 Å². The van der Waals surface area contributed by atoms with Gasteiger partial charge in [-0.2, -0.15) is 0 Å². The topological polar surface area (TPSA) is 145 Å². The molecule has 4 aromatic carbocycles. The molecule has 8 nitrogen and oxygen atoms in total. The Hall–Kier alpha value is -5.24. The van der Waals surface area contributed by atoms with Gasteiger partial charge in [-0.05, 0) is 65.7 Å². The fourth-order valence-corrected chi connectivity index (χ4v) is 4.47. The number of aromatic hydroxyl groups is 5. The van der Waals surface area contributed by atoms with Crippen molar-refractivity contribution >= 4 is 17.6 Å². The van der Waals surface area contributed by atoms with Gasteiger partial charge >= 0.3 is 0 Å². The van der Waals surface area contributed by atoms with Gasteiger partial charge in [0.15, 0.2) is 11.6 Å². The molecule has 8 heteroatoms. The quantitative estimate of drug-likeness (QED) is 0.182. The van der Waals surface area contributed by atoms with Crippen molar-refractivity contribution in [2.75, 3.05) is 0 Å². The van der Waals surface area contributed by atoms with Crippen LogP contribution in [0.5, 0.6) is 34.5 Å². The fraction of sp³-hybridized carbons (Fsp3) is 0.0667. The molecule has 5 rings (SSSR count). The Bertz CT molecular complexity index is 1590. The Balaban J connectivity index is 1.55. The van der Waals surface area contributed by atoms with E-state index in [4.69, 9.17) is 4.74 Å². The zero-order chi connectivity index (χ0) is 27.0. The Morgan fingerprint density at radius 1 is 0.737 bits per heavy atom. The van der Waals surface area contributed by atoms with Gasteiger partial charge in [0.1, 0.15) is 40.6 Å². The lowest BCUT2D eigenvalue weighted by Gasteiger charge is -2.33. The lowest BCUT2D eigenvalue weighted by molar-refractivity contribution is 0.0777. The summed E-state index contributed by atoms with van der Waals surface area (Å²) in [5.74, 6) is -2.37. The number of fused-ring (bicyclic) bond motifs is 1. The summed E-state index contributed by atoms with van der Waals surface area (Å²) in [4.78, 5) is 26.3. The van der Waals surface area contributed by atoms with Crippen LogP contribution in [0, 0.1) is 0 Å². The van der Waals surface area contributed by atoms with Crippen LogP contribution in [-0.4, -0.2) is 37.1 Å². The molecule has 5 N–H and O–H groups in total. The van der Waals surface area contributed by atoms with Gasteiger partial charge in [0.25, 0.3) is 0 Å². The van der Waals surface area contributed by atoms with Gasteiger partial charge in [-0.3, -0.25) is 9.59 Å². The second-order valence-electron chi connectivity index (χ2n) is 8.87. The van der Waals surface area contributed by atoms with Crippen molar-refractivity contribution in [2.45, 2.75) is 12.0 Å². The van der Waals surface area contributed by atoms with Crippen LogP contribution in [0.1, 0.15) is 49.4 Å². The molecule has 0 aromatic heterocycles. The zero-order valence-corrected chi connectivity index (χ0v) is 19.8. The molecule has 0 unspecified atom stereocenters. The molecule has 2 atom stereocenters. The smallest absolute Gasteiger partial charge is 0.189 e. The lowest BCUT2D eigenvalue weighted by Crippen LogP contribution is -2.30. The fourth-order valence-electron chi connectivity index (χ4n) is 4.47. The van der Waals surface area contributed by atoms with Crippen LogP contribution in [0.3, 0.4) is 0 Å². The number of phenols is 5. The molecule has 0 saturated carbocycles. The van der Waals surface area contributed by atoms with Crippen molar-refractivity contribution in [2.24, 2.45) is 0 Å². The molecule has 190 valence electrons. The predicted molar refractivity (Wildman–Crippen MR) is 138 cm³/mol. The van der Waals surface area contributed by atoms with Crippen molar-refractivity contribution in [3.8, 4) is 34.5 Å². The SMILES string of the molecule is O=C(/C=C/c1ccc(O)c([C@@H]2C(=O)c3ccc(O)cc3O[C@H]2c2ccc(O)cc2)c1)c1ccc(O)cc1O. The summed E-state index contributed by atoms with van der Waals surface area (Å²) in [6.45, 7) is 0. The summed E-state index contributed by atoms with van der Waals surface area (Å²) in [5, 5.41) is 49.9. The average molecular weight is 510 g/mol. The summed E-state index contributed by atoms with van der Waals surface area (Å²) in [5.41, 5.74) is 1.56. The highest BCUT2D eigenvalue weighted by molar-refractivity contribution is 6.09. The second-order valence-corrected chi connectivity index (χ2v) is 8.87. The first-order valence-corrected chi connectivity index (χ1v) is 11.6. The second kappa shape index (κ2) is 9.67. The molecule has 0 bridgehead atoms. The van der Waals surface area contributed by atoms with E-state index in [1.807, 2.05) is 0 Å². The van der Waals surface area contributed by atoms with Crippen LogP contribution in [0.25, 0.3) is 6.08 Å². The van der Waals surface area contributed by atoms with Crippen LogP contribution < -0.4 is 4.74 Å². The standard InChI is InChI=1S/C30H22O8/c31-18-5-3-17(4-6-18)30-28(29(37)22-10-8-20(33)15-27(22)38-30)23-13-16(2-12-25(23)35)1-11-24(34)21-9-7-19(32)14-26(21)36/h1-15,28,30-33,35-36H/b11-1+/t28-,30+/m1/s1. The van der Waals surface area contributed by atoms with Crippen molar-refractivity contribution < 1.29 is 39.9 Å². The molecule has 0 spiro atoms. The predicted octanol–water partition coefficient (Wildman–Crippen LogP) is 5.21. The number of carbonyl (C=O) groups excluding carboxylic acids is 2. The van der Waals surface area contributed by atoms with E-state index in [1.54, 1.807) is 24.3 Å². The largest absolute Gasteiger partial charge is 0.508 e. The number of Topliss-reactive ketones (excluding diaryl/α,β-unsaturated/α-hetero) is 1. The molecular weight excluding hydrogens is 488 g/mol. The number of hydrogen-bond acceptors (Lipinski definition) is 8. The first-order chi connectivity index (χ1) is 18.2. The first-order valence-electron chi connectivity index (χ1n) is 11.6. The van der Waals surface area contributed by atoms with Crippen LogP contribution in [0.2, 0.25) is 0 Å². The van der Waals surface area contributed by atoms with E-state index in [0.717, 1.165) is 6.07 Å². The number of ketones is 2. The van der Waals surface area contributed by atoms with Crippen LogP contribution in [0.15, 0.2) is 84.9 Å². The van der Waals surface area contributed by atoms with Crippen molar-refractivity contribution in [1.82, 2.24) is 0 Å². The van der Waals surface area contributed by atoms with Crippen LogP contribution in [-0.2, 0) is 0 Å². The van der Waals surface area contributed by atoms with E-state index in [0.29, 0.717) is 11.1 Å². The van der Waals surface area contributed by atoms with Crippen molar-refractivity contribution in [3.05, 3.63) is 113 Å². The van der Waals surface area contributed by atoms with Gasteiger partial charge in [-0.25, -0.2) is 0 Å². The van der Waals surface area contributed by atoms with E-state index in [1.165, 1.54) is 60.7 Å². The number of benzene rings is 4. The molecule has 0 saturated heterocycles. The zero-order valence-electron chi connectivity index (χ0n) is 19.8. The van der Waals surface area contributed by atoms with E-state index in [2.05, 4.69) is 0 Å². The normalized spacial score (nSPS) is 16.7. The number of carbonyl (C=O) groups is 2. The molecule has 0 amide bonds. The number of phenolic OH excluding ortho intramolecular Hbond substituents is 5. The average Bonchev–Trinajstić information content (AvgIpc) is 2.88. The van der Waals surface area contributed by atoms with E-state index < -0.39 is 17.8 Å². The van der Waals surface area contributed by atoms with E-state index in [-0.39, 0.29) is 57.0 Å². The van der Waals surface area contributed by atoms with Gasteiger partial charge in [-0.1, -0.05) is 24.3 Å². The minimum absolute atomic E-state index is 0.00108. The van der Waals surface area contributed by atoms with Gasteiger partial charge in [0, 0.05) is 17.7 Å². The number of allylic oxidation sites excluding steroid dienone is 1. The van der Waals surface area contributed by atoms with E-state index in [9.17, 15) is 35.1 Å². The number of hydrogen-bond donors (Lipinski definition) is 5. The van der Waals surface area contributed by atoms with Gasteiger partial charge in [0.2, 0.25) is 0 Å². The molecule has 0 fully saturated rings. The minimum atomic E-state index is -0.984. The molecule has 1 heterocycles. The highest BCUT2D eigenvalue weighted by atomic mass is 16.5. The highest BCUT2D eigenvalue weighted by Gasteiger charge is 2.40.